The van der Waals surface area contributed by atoms with E-state index in [4.69, 9.17) is 5.10 Å². The molecule has 1 heterocycles. The molecule has 3 nitrogen and oxygen atoms in total. The summed E-state index contributed by atoms with van der Waals surface area (Å²) in [6.45, 7) is 9.03. The van der Waals surface area contributed by atoms with Gasteiger partial charge in [-0.15, -0.1) is 0 Å². The maximum Gasteiger partial charge on any atom is 0.113 e. The maximum absolute atomic E-state index is 4.74. The largest absolute Gasteiger partial charge is 0.338 e. The van der Waals surface area contributed by atoms with Gasteiger partial charge in [0.2, 0.25) is 0 Å². The molecular formula is C19H29N3. The van der Waals surface area contributed by atoms with E-state index in [2.05, 4.69) is 61.0 Å². The molecule has 0 unspecified atom stereocenters. The van der Waals surface area contributed by atoms with Gasteiger partial charge in [-0.1, -0.05) is 57.5 Å². The van der Waals surface area contributed by atoms with Gasteiger partial charge in [-0.05, 0) is 36.2 Å². The zero-order valence-corrected chi connectivity index (χ0v) is 14.2. The minimum absolute atomic E-state index is 0.612. The molecule has 0 bridgehead atoms. The molecule has 1 aromatic rings. The predicted molar refractivity (Wildman–Crippen MR) is 92.3 cm³/mol. The summed E-state index contributed by atoms with van der Waals surface area (Å²) in [6.07, 6.45) is 6.06. The standard InChI is InChI=1S/C19H29N3/c1-15(2)18-10-9-16(3)11-19(18)22-14-21(13-20-22)12-17-7-5-4-6-8-17/h4-8,13,15-16,18-19H,9-12,14H2,1-3H3/t16-,18+,19-/m1/s1. The van der Waals surface area contributed by atoms with Gasteiger partial charge in [0.05, 0.1) is 6.04 Å². The minimum Gasteiger partial charge on any atom is -0.338 e. The number of hydrazone groups is 1. The van der Waals surface area contributed by atoms with Crippen LogP contribution in [0, 0.1) is 17.8 Å². The lowest BCUT2D eigenvalue weighted by molar-refractivity contribution is 0.0507. The molecule has 2 aliphatic rings. The number of hydrogen-bond donors (Lipinski definition) is 0. The van der Waals surface area contributed by atoms with E-state index >= 15 is 0 Å². The van der Waals surface area contributed by atoms with Crippen LogP contribution in [0.1, 0.15) is 45.6 Å². The van der Waals surface area contributed by atoms with Crippen LogP contribution in [-0.2, 0) is 6.54 Å². The first-order valence-corrected chi connectivity index (χ1v) is 8.72. The minimum atomic E-state index is 0.612. The third-order valence-corrected chi connectivity index (χ3v) is 5.29. The van der Waals surface area contributed by atoms with Crippen molar-refractivity contribution < 1.29 is 0 Å². The Labute approximate surface area is 135 Å². The summed E-state index contributed by atoms with van der Waals surface area (Å²) >= 11 is 0. The monoisotopic (exact) mass is 299 g/mol. The van der Waals surface area contributed by atoms with Crippen LogP contribution >= 0.6 is 0 Å². The van der Waals surface area contributed by atoms with Crippen LogP contribution in [0.4, 0.5) is 0 Å². The van der Waals surface area contributed by atoms with Gasteiger partial charge >= 0.3 is 0 Å². The Balaban J connectivity index is 1.62. The highest BCUT2D eigenvalue weighted by Crippen LogP contribution is 2.37. The van der Waals surface area contributed by atoms with Crippen LogP contribution in [0.25, 0.3) is 0 Å². The number of rotatable bonds is 4. The highest BCUT2D eigenvalue weighted by atomic mass is 15.6. The van der Waals surface area contributed by atoms with Gasteiger partial charge < -0.3 is 4.90 Å². The van der Waals surface area contributed by atoms with Crippen LogP contribution in [0.3, 0.4) is 0 Å². The fourth-order valence-corrected chi connectivity index (χ4v) is 3.99. The van der Waals surface area contributed by atoms with E-state index in [1.54, 1.807) is 0 Å². The lowest BCUT2D eigenvalue weighted by Gasteiger charge is -2.41. The third-order valence-electron chi connectivity index (χ3n) is 5.29. The van der Waals surface area contributed by atoms with Gasteiger partial charge in [-0.2, -0.15) is 5.10 Å². The van der Waals surface area contributed by atoms with Gasteiger partial charge in [0.1, 0.15) is 13.0 Å². The SMILES string of the molecule is CC(C)[C@@H]1CC[C@@H](C)C[C@H]1N1CN(Cc2ccccc2)C=N1. The Hall–Kier alpha value is -1.51. The lowest BCUT2D eigenvalue weighted by atomic mass is 9.74. The first-order valence-electron chi connectivity index (χ1n) is 8.72. The molecule has 1 aliphatic carbocycles. The summed E-state index contributed by atoms with van der Waals surface area (Å²) in [7, 11) is 0. The van der Waals surface area contributed by atoms with Gasteiger partial charge in [0, 0.05) is 6.54 Å². The Morgan fingerprint density at radius 2 is 1.95 bits per heavy atom. The Morgan fingerprint density at radius 1 is 1.18 bits per heavy atom. The summed E-state index contributed by atoms with van der Waals surface area (Å²) in [6, 6.07) is 11.3. The fraction of sp³-hybridized carbons (Fsp3) is 0.632. The van der Waals surface area contributed by atoms with Crippen molar-refractivity contribution in [1.29, 1.82) is 0 Å². The molecule has 3 heteroatoms. The normalized spacial score (nSPS) is 28.6. The summed E-state index contributed by atoms with van der Waals surface area (Å²) in [5.74, 6) is 2.36. The van der Waals surface area contributed by atoms with Crippen molar-refractivity contribution in [3.63, 3.8) is 0 Å². The van der Waals surface area contributed by atoms with Crippen LogP contribution in [0.2, 0.25) is 0 Å². The lowest BCUT2D eigenvalue weighted by Crippen LogP contribution is -2.44. The van der Waals surface area contributed by atoms with Crippen molar-refractivity contribution in [2.24, 2.45) is 22.9 Å². The summed E-state index contributed by atoms with van der Waals surface area (Å²) in [5.41, 5.74) is 1.35. The van der Waals surface area contributed by atoms with Gasteiger partial charge in [0.25, 0.3) is 0 Å². The molecule has 3 atom stereocenters. The highest BCUT2D eigenvalue weighted by Gasteiger charge is 2.36. The van der Waals surface area contributed by atoms with Crippen molar-refractivity contribution in [1.82, 2.24) is 9.91 Å². The molecule has 3 rings (SSSR count). The molecule has 0 spiro atoms. The molecule has 22 heavy (non-hydrogen) atoms. The van der Waals surface area contributed by atoms with E-state index in [0.29, 0.717) is 6.04 Å². The Kier molecular flexibility index (Phi) is 4.70. The second kappa shape index (κ2) is 6.72. The first-order chi connectivity index (χ1) is 10.6. The smallest absolute Gasteiger partial charge is 0.113 e. The van der Waals surface area contributed by atoms with Crippen molar-refractivity contribution >= 4 is 6.34 Å². The Bertz CT molecular complexity index is 497. The molecule has 1 aliphatic heterocycles. The summed E-state index contributed by atoms with van der Waals surface area (Å²) in [5, 5.41) is 7.09. The van der Waals surface area contributed by atoms with E-state index in [9.17, 15) is 0 Å². The molecule has 0 saturated heterocycles. The Morgan fingerprint density at radius 3 is 2.68 bits per heavy atom. The second-order valence-electron chi connectivity index (χ2n) is 7.44. The summed E-state index contributed by atoms with van der Waals surface area (Å²) in [4.78, 5) is 2.33. The van der Waals surface area contributed by atoms with E-state index < -0.39 is 0 Å². The first kappa shape index (κ1) is 15.4. The molecule has 0 N–H and O–H groups in total. The van der Waals surface area contributed by atoms with Crippen LogP contribution in [0.15, 0.2) is 35.4 Å². The van der Waals surface area contributed by atoms with E-state index in [-0.39, 0.29) is 0 Å². The second-order valence-corrected chi connectivity index (χ2v) is 7.44. The summed E-state index contributed by atoms with van der Waals surface area (Å²) < 4.78 is 0. The van der Waals surface area contributed by atoms with Crippen LogP contribution in [0.5, 0.6) is 0 Å². The van der Waals surface area contributed by atoms with Crippen LogP contribution < -0.4 is 0 Å². The van der Waals surface area contributed by atoms with E-state index in [1.165, 1.54) is 24.8 Å². The van der Waals surface area contributed by atoms with Gasteiger partial charge in [-0.25, -0.2) is 0 Å². The molecule has 1 saturated carbocycles. The van der Waals surface area contributed by atoms with Crippen molar-refractivity contribution in [2.75, 3.05) is 6.67 Å². The fourth-order valence-electron chi connectivity index (χ4n) is 3.99. The maximum atomic E-state index is 4.74. The molecular weight excluding hydrogens is 270 g/mol. The highest BCUT2D eigenvalue weighted by molar-refractivity contribution is 5.56. The van der Waals surface area contributed by atoms with Crippen molar-refractivity contribution in [3.05, 3.63) is 35.9 Å². The average molecular weight is 299 g/mol. The predicted octanol–water partition coefficient (Wildman–Crippen LogP) is 4.17. The molecule has 120 valence electrons. The van der Waals surface area contributed by atoms with E-state index in [1.807, 2.05) is 6.34 Å². The molecule has 0 radical (unpaired) electrons. The number of hydrogen-bond acceptors (Lipinski definition) is 3. The molecule has 0 aromatic heterocycles. The third kappa shape index (κ3) is 3.45. The molecule has 1 aromatic carbocycles. The topological polar surface area (TPSA) is 18.8 Å². The number of benzene rings is 1. The van der Waals surface area contributed by atoms with Crippen LogP contribution in [-0.4, -0.2) is 29.0 Å². The zero-order valence-electron chi connectivity index (χ0n) is 14.2. The van der Waals surface area contributed by atoms with Gasteiger partial charge in [-0.3, -0.25) is 5.01 Å². The van der Waals surface area contributed by atoms with Crippen molar-refractivity contribution in [2.45, 2.75) is 52.6 Å². The van der Waals surface area contributed by atoms with Crippen molar-refractivity contribution in [3.8, 4) is 0 Å². The zero-order chi connectivity index (χ0) is 15.5. The quantitative estimate of drug-likeness (QED) is 0.831. The number of nitrogens with zero attached hydrogens (tertiary/aromatic N) is 3. The molecule has 0 amide bonds. The average Bonchev–Trinajstić information content (AvgIpc) is 2.96. The molecule has 1 fully saturated rings. The van der Waals surface area contributed by atoms with Gasteiger partial charge in [0.15, 0.2) is 0 Å². The van der Waals surface area contributed by atoms with E-state index in [0.717, 1.165) is 31.0 Å².